The van der Waals surface area contributed by atoms with Gasteiger partial charge in [0.15, 0.2) is 11.9 Å². The average Bonchev–Trinajstić information content (AvgIpc) is 2.89. The van der Waals surface area contributed by atoms with Crippen LogP contribution in [0.3, 0.4) is 0 Å². The number of hydrogen-bond donors (Lipinski definition) is 0. The molecule has 0 bridgehead atoms. The van der Waals surface area contributed by atoms with Crippen molar-refractivity contribution in [2.75, 3.05) is 0 Å². The number of ketones is 1. The molecule has 0 aromatic carbocycles. The highest BCUT2D eigenvalue weighted by atomic mass is 16.5. The van der Waals surface area contributed by atoms with Crippen LogP contribution >= 0.6 is 0 Å². The molecule has 4 saturated carbocycles. The van der Waals surface area contributed by atoms with Crippen LogP contribution < -0.4 is 0 Å². The van der Waals surface area contributed by atoms with E-state index in [9.17, 15) is 9.59 Å². The van der Waals surface area contributed by atoms with E-state index in [0.717, 1.165) is 24.2 Å². The van der Waals surface area contributed by atoms with Crippen molar-refractivity contribution in [1.82, 2.24) is 0 Å². The number of carbonyl (C=O) groups is 2. The molecular weight excluding hydrogens is 288 g/mol. The SMILES string of the molecule is CC(=O)OC1C[C@H]2[C@@H](CC[C@@H]3[C@@H]2CC[C@]2(C)CCC[C@@H]32)CC1=O. The number of fused-ring (bicyclic) bond motifs is 5. The lowest BCUT2D eigenvalue weighted by atomic mass is 9.50. The van der Waals surface area contributed by atoms with Crippen molar-refractivity contribution in [2.45, 2.75) is 77.7 Å². The van der Waals surface area contributed by atoms with Crippen molar-refractivity contribution >= 4 is 11.8 Å². The standard InChI is InChI=1S/C20H30O3/c1-12(21)23-19-11-16-13(10-18(19)22)5-6-15-14(16)7-9-20(2)8-3-4-17(15)20/h13-17,19H,3-11H2,1-2H3/t13-,14-,15+,16-,17-,19?,20-/m0/s1. The number of ether oxygens (including phenoxy) is 1. The third-order valence-electron chi connectivity index (χ3n) is 7.92. The summed E-state index contributed by atoms with van der Waals surface area (Å²) in [6, 6.07) is 0. The Morgan fingerprint density at radius 2 is 1.91 bits per heavy atom. The summed E-state index contributed by atoms with van der Waals surface area (Å²) >= 11 is 0. The Kier molecular flexibility index (Phi) is 3.81. The van der Waals surface area contributed by atoms with E-state index in [1.807, 2.05) is 0 Å². The molecule has 0 aromatic rings. The van der Waals surface area contributed by atoms with E-state index in [-0.39, 0.29) is 11.8 Å². The lowest BCUT2D eigenvalue weighted by Crippen LogP contribution is -2.50. The van der Waals surface area contributed by atoms with Gasteiger partial charge >= 0.3 is 5.97 Å². The second-order valence-corrected chi connectivity index (χ2v) is 9.02. The van der Waals surface area contributed by atoms with Crippen LogP contribution in [0.25, 0.3) is 0 Å². The topological polar surface area (TPSA) is 43.4 Å². The summed E-state index contributed by atoms with van der Waals surface area (Å²) in [5.41, 5.74) is 0.591. The normalized spacial score (nSPS) is 49.0. The van der Waals surface area contributed by atoms with Gasteiger partial charge in [0.05, 0.1) is 0 Å². The van der Waals surface area contributed by atoms with Gasteiger partial charge in [0.1, 0.15) is 0 Å². The zero-order valence-electron chi connectivity index (χ0n) is 14.6. The van der Waals surface area contributed by atoms with Crippen LogP contribution in [0.2, 0.25) is 0 Å². The molecular formula is C20H30O3. The Labute approximate surface area is 139 Å². The number of hydrogen-bond acceptors (Lipinski definition) is 3. The highest BCUT2D eigenvalue weighted by Gasteiger charge is 2.54. The highest BCUT2D eigenvalue weighted by molar-refractivity contribution is 5.86. The van der Waals surface area contributed by atoms with Crippen molar-refractivity contribution in [1.29, 1.82) is 0 Å². The highest BCUT2D eigenvalue weighted by Crippen LogP contribution is 2.62. The number of carbonyl (C=O) groups excluding carboxylic acids is 2. The molecule has 0 spiro atoms. The summed E-state index contributed by atoms with van der Waals surface area (Å²) in [4.78, 5) is 23.6. The predicted molar refractivity (Wildman–Crippen MR) is 87.7 cm³/mol. The third kappa shape index (κ3) is 2.55. The van der Waals surface area contributed by atoms with Gasteiger partial charge in [0.25, 0.3) is 0 Å². The summed E-state index contributed by atoms with van der Waals surface area (Å²) in [5.74, 6) is 3.58. The molecule has 4 rings (SSSR count). The largest absolute Gasteiger partial charge is 0.455 e. The van der Waals surface area contributed by atoms with Crippen molar-refractivity contribution in [3.05, 3.63) is 0 Å². The summed E-state index contributed by atoms with van der Waals surface area (Å²) in [5, 5.41) is 0. The molecule has 0 saturated heterocycles. The van der Waals surface area contributed by atoms with E-state index in [2.05, 4.69) is 6.92 Å². The molecule has 4 fully saturated rings. The van der Waals surface area contributed by atoms with Crippen molar-refractivity contribution in [3.8, 4) is 0 Å². The van der Waals surface area contributed by atoms with Gasteiger partial charge < -0.3 is 4.74 Å². The van der Waals surface area contributed by atoms with E-state index in [1.54, 1.807) is 0 Å². The zero-order valence-corrected chi connectivity index (χ0v) is 14.6. The minimum absolute atomic E-state index is 0.168. The number of Topliss-reactive ketones (excluding diaryl/α,β-unsaturated/α-hetero) is 1. The van der Waals surface area contributed by atoms with Gasteiger partial charge in [-0.05, 0) is 80.0 Å². The van der Waals surface area contributed by atoms with Gasteiger partial charge in [-0.15, -0.1) is 0 Å². The van der Waals surface area contributed by atoms with E-state index < -0.39 is 6.10 Å². The zero-order chi connectivity index (χ0) is 16.2. The Morgan fingerprint density at radius 3 is 2.70 bits per heavy atom. The minimum Gasteiger partial charge on any atom is -0.455 e. The Bertz CT molecular complexity index is 513. The molecule has 128 valence electrons. The van der Waals surface area contributed by atoms with Crippen LogP contribution in [-0.2, 0) is 14.3 Å². The first-order chi connectivity index (χ1) is 11.0. The van der Waals surface area contributed by atoms with Crippen LogP contribution in [0.1, 0.15) is 71.6 Å². The van der Waals surface area contributed by atoms with Gasteiger partial charge in [0.2, 0.25) is 0 Å². The summed E-state index contributed by atoms with van der Waals surface area (Å²) in [6.07, 6.45) is 10.5. The molecule has 0 radical (unpaired) electrons. The van der Waals surface area contributed by atoms with Crippen LogP contribution in [0.4, 0.5) is 0 Å². The second kappa shape index (κ2) is 5.60. The maximum atomic E-state index is 12.3. The molecule has 0 amide bonds. The first kappa shape index (κ1) is 15.7. The van der Waals surface area contributed by atoms with E-state index in [1.165, 1.54) is 51.9 Å². The van der Waals surface area contributed by atoms with Gasteiger partial charge in [-0.1, -0.05) is 13.3 Å². The molecule has 3 heteroatoms. The van der Waals surface area contributed by atoms with Gasteiger partial charge in [-0.2, -0.15) is 0 Å². The van der Waals surface area contributed by atoms with Crippen LogP contribution in [0.15, 0.2) is 0 Å². The second-order valence-electron chi connectivity index (χ2n) is 9.02. The van der Waals surface area contributed by atoms with Crippen molar-refractivity contribution < 1.29 is 14.3 Å². The molecule has 3 nitrogen and oxygen atoms in total. The summed E-state index contributed by atoms with van der Waals surface area (Å²) in [6.45, 7) is 3.95. The molecule has 0 heterocycles. The molecule has 1 unspecified atom stereocenters. The predicted octanol–water partition coefficient (Wildman–Crippen LogP) is 4.14. The molecule has 23 heavy (non-hydrogen) atoms. The van der Waals surface area contributed by atoms with Gasteiger partial charge in [-0.3, -0.25) is 9.59 Å². The average molecular weight is 318 g/mol. The maximum Gasteiger partial charge on any atom is 0.303 e. The van der Waals surface area contributed by atoms with E-state index >= 15 is 0 Å². The van der Waals surface area contributed by atoms with Gasteiger partial charge in [0, 0.05) is 13.3 Å². The smallest absolute Gasteiger partial charge is 0.303 e. The van der Waals surface area contributed by atoms with Crippen LogP contribution in [-0.4, -0.2) is 17.9 Å². The maximum absolute atomic E-state index is 12.3. The van der Waals surface area contributed by atoms with Crippen LogP contribution in [0, 0.1) is 35.0 Å². The fraction of sp³-hybridized carbons (Fsp3) is 0.900. The Balaban J connectivity index is 1.54. The molecule has 7 atom stereocenters. The Morgan fingerprint density at radius 1 is 1.09 bits per heavy atom. The summed E-state index contributed by atoms with van der Waals surface area (Å²) < 4.78 is 5.35. The lowest BCUT2D eigenvalue weighted by Gasteiger charge is -2.55. The number of esters is 1. The molecule has 0 aromatic heterocycles. The van der Waals surface area contributed by atoms with Gasteiger partial charge in [-0.25, -0.2) is 0 Å². The fourth-order valence-corrected chi connectivity index (χ4v) is 6.93. The minimum atomic E-state index is -0.454. The van der Waals surface area contributed by atoms with Crippen molar-refractivity contribution in [2.24, 2.45) is 35.0 Å². The van der Waals surface area contributed by atoms with E-state index in [0.29, 0.717) is 23.7 Å². The quantitative estimate of drug-likeness (QED) is 0.682. The molecule has 0 aliphatic heterocycles. The molecule has 4 aliphatic rings. The van der Waals surface area contributed by atoms with E-state index in [4.69, 9.17) is 4.74 Å². The fourth-order valence-electron chi connectivity index (χ4n) is 6.93. The molecule has 0 N–H and O–H groups in total. The first-order valence-corrected chi connectivity index (χ1v) is 9.68. The third-order valence-corrected chi connectivity index (χ3v) is 7.92. The monoisotopic (exact) mass is 318 g/mol. The first-order valence-electron chi connectivity index (χ1n) is 9.68. The molecule has 4 aliphatic carbocycles. The lowest BCUT2D eigenvalue weighted by molar-refractivity contribution is -0.161. The number of rotatable bonds is 1. The van der Waals surface area contributed by atoms with Crippen molar-refractivity contribution in [3.63, 3.8) is 0 Å². The Hall–Kier alpha value is -0.860. The van der Waals surface area contributed by atoms with Crippen LogP contribution in [0.5, 0.6) is 0 Å². The summed E-state index contributed by atoms with van der Waals surface area (Å²) in [7, 11) is 0.